The summed E-state index contributed by atoms with van der Waals surface area (Å²) in [5, 5.41) is 17.6. The molecule has 0 radical (unpaired) electrons. The summed E-state index contributed by atoms with van der Waals surface area (Å²) >= 11 is 0. The second-order valence-corrected chi connectivity index (χ2v) is 7.85. The molecule has 0 atom stereocenters. The standard InChI is InChI=1S/C25H21N9/c26-9-3-6-19-13-28-23(29-14-19)21-8-2-5-18(11-21)16-34-25-24(32-33-34)30-15-22(31-25)20-7-1-4-17(10-20)12-27/h1-2,4-5,7-8,10-11,13-15H,3,6,9,16,26H2. The summed E-state index contributed by atoms with van der Waals surface area (Å²) in [5.41, 5.74) is 11.7. The monoisotopic (exact) mass is 447 g/mol. The highest BCUT2D eigenvalue weighted by atomic mass is 15.4. The molecule has 3 heterocycles. The van der Waals surface area contributed by atoms with E-state index in [1.807, 2.05) is 48.8 Å². The minimum absolute atomic E-state index is 0.466. The summed E-state index contributed by atoms with van der Waals surface area (Å²) in [7, 11) is 0. The first-order valence-electron chi connectivity index (χ1n) is 10.9. The van der Waals surface area contributed by atoms with Crippen LogP contribution in [0.5, 0.6) is 0 Å². The van der Waals surface area contributed by atoms with Gasteiger partial charge in [-0.2, -0.15) is 5.26 Å². The summed E-state index contributed by atoms with van der Waals surface area (Å²) in [6, 6.07) is 17.4. The van der Waals surface area contributed by atoms with Crippen molar-refractivity contribution >= 4 is 11.3 Å². The molecule has 166 valence electrons. The van der Waals surface area contributed by atoms with Crippen LogP contribution in [0.1, 0.15) is 23.1 Å². The molecular weight excluding hydrogens is 426 g/mol. The van der Waals surface area contributed by atoms with E-state index in [4.69, 9.17) is 10.7 Å². The van der Waals surface area contributed by atoms with Gasteiger partial charge in [0.25, 0.3) is 0 Å². The van der Waals surface area contributed by atoms with E-state index < -0.39 is 0 Å². The predicted molar refractivity (Wildman–Crippen MR) is 127 cm³/mol. The molecule has 5 rings (SSSR count). The minimum atomic E-state index is 0.466. The molecule has 2 aromatic carbocycles. The molecular formula is C25H21N9. The van der Waals surface area contributed by atoms with Crippen LogP contribution >= 0.6 is 0 Å². The summed E-state index contributed by atoms with van der Waals surface area (Å²) in [6.45, 7) is 1.12. The molecule has 34 heavy (non-hydrogen) atoms. The van der Waals surface area contributed by atoms with Crippen LogP contribution in [0.2, 0.25) is 0 Å². The number of benzene rings is 2. The molecule has 0 aliphatic heterocycles. The highest BCUT2D eigenvalue weighted by Gasteiger charge is 2.12. The fourth-order valence-corrected chi connectivity index (χ4v) is 3.67. The second kappa shape index (κ2) is 9.52. The zero-order valence-electron chi connectivity index (χ0n) is 18.3. The Morgan fingerprint density at radius 3 is 2.56 bits per heavy atom. The van der Waals surface area contributed by atoms with E-state index in [1.54, 1.807) is 23.0 Å². The molecule has 9 nitrogen and oxygen atoms in total. The third-order valence-electron chi connectivity index (χ3n) is 5.41. The maximum Gasteiger partial charge on any atom is 0.221 e. The van der Waals surface area contributed by atoms with Gasteiger partial charge in [-0.05, 0) is 48.7 Å². The highest BCUT2D eigenvalue weighted by molar-refractivity contribution is 5.70. The Bertz CT molecular complexity index is 1480. The van der Waals surface area contributed by atoms with Crippen LogP contribution < -0.4 is 5.73 Å². The molecule has 0 aliphatic rings. The van der Waals surface area contributed by atoms with E-state index in [9.17, 15) is 5.26 Å². The number of nitrogens with two attached hydrogens (primary N) is 1. The van der Waals surface area contributed by atoms with Crippen molar-refractivity contribution in [3.63, 3.8) is 0 Å². The van der Waals surface area contributed by atoms with Gasteiger partial charge >= 0.3 is 0 Å². The fourth-order valence-electron chi connectivity index (χ4n) is 3.67. The molecule has 0 fully saturated rings. The summed E-state index contributed by atoms with van der Waals surface area (Å²) in [6.07, 6.45) is 7.15. The molecule has 3 aromatic heterocycles. The first kappa shape index (κ1) is 21.3. The van der Waals surface area contributed by atoms with Crippen LogP contribution in [-0.4, -0.2) is 41.5 Å². The molecule has 0 saturated heterocycles. The average molecular weight is 448 g/mol. The molecule has 2 N–H and O–H groups in total. The predicted octanol–water partition coefficient (Wildman–Crippen LogP) is 3.16. The van der Waals surface area contributed by atoms with Crippen LogP contribution in [0.4, 0.5) is 0 Å². The molecule has 0 aliphatic carbocycles. The maximum absolute atomic E-state index is 9.18. The van der Waals surface area contributed by atoms with Crippen molar-refractivity contribution in [2.75, 3.05) is 6.54 Å². The summed E-state index contributed by atoms with van der Waals surface area (Å²) in [5.74, 6) is 0.668. The zero-order chi connectivity index (χ0) is 23.3. The topological polar surface area (TPSA) is 132 Å². The van der Waals surface area contributed by atoms with Crippen molar-refractivity contribution in [3.8, 4) is 28.7 Å². The number of nitrogens with zero attached hydrogens (tertiary/aromatic N) is 8. The van der Waals surface area contributed by atoms with Gasteiger partial charge < -0.3 is 5.73 Å². The van der Waals surface area contributed by atoms with Crippen molar-refractivity contribution in [3.05, 3.63) is 83.8 Å². The average Bonchev–Trinajstić information content (AvgIpc) is 3.29. The van der Waals surface area contributed by atoms with Crippen molar-refractivity contribution in [2.24, 2.45) is 5.73 Å². The maximum atomic E-state index is 9.18. The number of fused-ring (bicyclic) bond motifs is 1. The van der Waals surface area contributed by atoms with Gasteiger partial charge in [-0.3, -0.25) is 0 Å². The first-order chi connectivity index (χ1) is 16.7. The summed E-state index contributed by atoms with van der Waals surface area (Å²) in [4.78, 5) is 18.2. The molecule has 0 amide bonds. The lowest BCUT2D eigenvalue weighted by Crippen LogP contribution is -2.04. The molecule has 0 bridgehead atoms. The van der Waals surface area contributed by atoms with E-state index in [1.165, 1.54) is 0 Å². The van der Waals surface area contributed by atoms with Crippen molar-refractivity contribution < 1.29 is 0 Å². The molecule has 5 aromatic rings. The lowest BCUT2D eigenvalue weighted by molar-refractivity contribution is 0.664. The second-order valence-electron chi connectivity index (χ2n) is 7.85. The Morgan fingerprint density at radius 2 is 1.74 bits per heavy atom. The molecule has 9 heteroatoms. The lowest BCUT2D eigenvalue weighted by Gasteiger charge is -2.07. The molecule has 0 saturated carbocycles. The van der Waals surface area contributed by atoms with Gasteiger partial charge in [-0.15, -0.1) is 5.10 Å². The normalized spacial score (nSPS) is 10.9. The van der Waals surface area contributed by atoms with Crippen LogP contribution in [0.15, 0.2) is 67.1 Å². The number of hydrogen-bond acceptors (Lipinski definition) is 8. The fraction of sp³-hybridized carbons (Fsp3) is 0.160. The Kier molecular flexibility index (Phi) is 5.97. The van der Waals surface area contributed by atoms with E-state index >= 15 is 0 Å². The van der Waals surface area contributed by atoms with Crippen LogP contribution in [0.25, 0.3) is 33.9 Å². The Labute approximate surface area is 196 Å². The summed E-state index contributed by atoms with van der Waals surface area (Å²) < 4.78 is 1.72. The quantitative estimate of drug-likeness (QED) is 0.402. The van der Waals surface area contributed by atoms with Gasteiger partial charge in [0, 0.05) is 23.5 Å². The van der Waals surface area contributed by atoms with E-state index in [0.717, 1.165) is 35.1 Å². The molecule has 0 unspecified atom stereocenters. The number of nitriles is 1. The van der Waals surface area contributed by atoms with Crippen LogP contribution in [0, 0.1) is 11.3 Å². The Morgan fingerprint density at radius 1 is 0.912 bits per heavy atom. The smallest absolute Gasteiger partial charge is 0.221 e. The van der Waals surface area contributed by atoms with E-state index in [0.29, 0.717) is 41.5 Å². The third kappa shape index (κ3) is 4.48. The van der Waals surface area contributed by atoms with Gasteiger partial charge in [-0.1, -0.05) is 35.5 Å². The number of aryl methyl sites for hydroxylation is 1. The van der Waals surface area contributed by atoms with Gasteiger partial charge in [0.15, 0.2) is 11.5 Å². The van der Waals surface area contributed by atoms with Crippen LogP contribution in [0.3, 0.4) is 0 Å². The number of aromatic nitrogens is 7. The number of hydrogen-bond donors (Lipinski definition) is 1. The number of rotatable bonds is 7. The van der Waals surface area contributed by atoms with Gasteiger partial charge in [-0.25, -0.2) is 24.6 Å². The largest absolute Gasteiger partial charge is 0.330 e. The lowest BCUT2D eigenvalue weighted by atomic mass is 10.1. The highest BCUT2D eigenvalue weighted by Crippen LogP contribution is 2.21. The minimum Gasteiger partial charge on any atom is -0.330 e. The zero-order valence-corrected chi connectivity index (χ0v) is 18.3. The van der Waals surface area contributed by atoms with Gasteiger partial charge in [0.2, 0.25) is 5.65 Å². The van der Waals surface area contributed by atoms with Gasteiger partial charge in [0.1, 0.15) is 0 Å². The first-order valence-corrected chi connectivity index (χ1v) is 10.9. The molecule has 0 spiro atoms. The van der Waals surface area contributed by atoms with E-state index in [2.05, 4.69) is 31.3 Å². The van der Waals surface area contributed by atoms with Crippen LogP contribution in [-0.2, 0) is 13.0 Å². The Hall–Kier alpha value is -4.55. The van der Waals surface area contributed by atoms with Crippen molar-refractivity contribution in [1.29, 1.82) is 5.26 Å². The van der Waals surface area contributed by atoms with Crippen molar-refractivity contribution in [2.45, 2.75) is 19.4 Å². The SMILES string of the molecule is N#Cc1cccc(-c2cnc3nnn(Cc4cccc(-c5ncc(CCCN)cn5)c4)c3n2)c1. The third-order valence-corrected chi connectivity index (χ3v) is 5.41. The van der Waals surface area contributed by atoms with Gasteiger partial charge in [0.05, 0.1) is 30.1 Å². The van der Waals surface area contributed by atoms with Crippen molar-refractivity contribution in [1.82, 2.24) is 34.9 Å². The Balaban J connectivity index is 1.42. The van der Waals surface area contributed by atoms with E-state index in [-0.39, 0.29) is 0 Å².